The number of aromatic nitrogens is 1. The van der Waals surface area contributed by atoms with Gasteiger partial charge in [-0.05, 0) is 59.3 Å². The highest BCUT2D eigenvalue weighted by Gasteiger charge is 2.08. The molecule has 0 aliphatic rings. The predicted octanol–water partition coefficient (Wildman–Crippen LogP) is 5.22. The minimum Gasteiger partial charge on any atom is -0.384 e. The highest BCUT2D eigenvalue weighted by atomic mass is 127. The monoisotopic (exact) mass is 481 g/mol. The molecule has 0 aliphatic carbocycles. The quantitative estimate of drug-likeness (QED) is 0.226. The Kier molecular flexibility index (Phi) is 5.71. The molecular weight excluding hydrogens is 461 g/mol. The highest BCUT2D eigenvalue weighted by molar-refractivity contribution is 14.1. The maximum absolute atomic E-state index is 12.2. The molecule has 4 aromatic rings. The lowest BCUT2D eigenvalue weighted by Gasteiger charge is -2.13. The molecule has 2 N–H and O–H groups in total. The van der Waals surface area contributed by atoms with E-state index in [9.17, 15) is 4.79 Å². The number of nitrogens with one attached hydrogen (secondary N) is 2. The second kappa shape index (κ2) is 8.56. The van der Waals surface area contributed by atoms with Gasteiger partial charge in [0.25, 0.3) is 5.91 Å². The van der Waals surface area contributed by atoms with Crippen molar-refractivity contribution in [2.45, 2.75) is 6.42 Å². The number of benzene rings is 3. The van der Waals surface area contributed by atoms with E-state index >= 15 is 0 Å². The van der Waals surface area contributed by atoms with Gasteiger partial charge >= 0.3 is 0 Å². The molecule has 0 radical (unpaired) electrons. The summed E-state index contributed by atoms with van der Waals surface area (Å²) in [6.07, 6.45) is 0.834. The van der Waals surface area contributed by atoms with Crippen LogP contribution in [0.4, 0.5) is 5.69 Å². The molecule has 0 unspecified atom stereocenters. The number of carbonyl (C=O) groups excluding carboxylic acids is 1. The van der Waals surface area contributed by atoms with Crippen molar-refractivity contribution >= 4 is 56.0 Å². The Morgan fingerprint density at radius 2 is 1.54 bits per heavy atom. The standard InChI is InChI=1S/C23H20IN3O/c24-17-8-5-7-16(15-17)23(28)26-14-6-13-25-22-18-9-1-3-11-20(18)27-21-12-4-2-10-19(21)22/h1-5,7-12,15H,6,13-14H2,(H,25,27)(H,26,28). The summed E-state index contributed by atoms with van der Waals surface area (Å²) in [5.41, 5.74) is 3.77. The largest absolute Gasteiger partial charge is 0.384 e. The molecule has 28 heavy (non-hydrogen) atoms. The number of halogens is 1. The zero-order valence-electron chi connectivity index (χ0n) is 15.3. The second-order valence-corrected chi connectivity index (χ2v) is 7.81. The van der Waals surface area contributed by atoms with Crippen LogP contribution in [0.2, 0.25) is 0 Å². The van der Waals surface area contributed by atoms with Gasteiger partial charge < -0.3 is 10.6 Å². The molecule has 3 aromatic carbocycles. The van der Waals surface area contributed by atoms with Gasteiger partial charge in [0, 0.05) is 33.0 Å². The molecule has 1 amide bonds. The first-order valence-electron chi connectivity index (χ1n) is 9.27. The van der Waals surface area contributed by atoms with Gasteiger partial charge in [-0.2, -0.15) is 0 Å². The second-order valence-electron chi connectivity index (χ2n) is 6.57. The van der Waals surface area contributed by atoms with Crippen molar-refractivity contribution in [1.29, 1.82) is 0 Å². The normalized spacial score (nSPS) is 10.9. The smallest absolute Gasteiger partial charge is 0.251 e. The highest BCUT2D eigenvalue weighted by Crippen LogP contribution is 2.30. The molecule has 0 fully saturated rings. The number of hydrogen-bond donors (Lipinski definition) is 2. The Morgan fingerprint density at radius 3 is 2.21 bits per heavy atom. The fourth-order valence-corrected chi connectivity index (χ4v) is 3.81. The summed E-state index contributed by atoms with van der Waals surface area (Å²) in [5.74, 6) is -0.0293. The maximum atomic E-state index is 12.2. The zero-order valence-corrected chi connectivity index (χ0v) is 17.4. The molecule has 4 nitrogen and oxygen atoms in total. The molecule has 0 aliphatic heterocycles. The predicted molar refractivity (Wildman–Crippen MR) is 124 cm³/mol. The van der Waals surface area contributed by atoms with E-state index in [2.05, 4.69) is 45.4 Å². The van der Waals surface area contributed by atoms with Crippen LogP contribution in [0.1, 0.15) is 16.8 Å². The van der Waals surface area contributed by atoms with E-state index in [-0.39, 0.29) is 5.91 Å². The Morgan fingerprint density at radius 1 is 0.857 bits per heavy atom. The minimum atomic E-state index is -0.0293. The molecule has 5 heteroatoms. The fraction of sp³-hybridized carbons (Fsp3) is 0.130. The van der Waals surface area contributed by atoms with E-state index in [4.69, 9.17) is 4.98 Å². The van der Waals surface area contributed by atoms with Crippen molar-refractivity contribution in [3.05, 3.63) is 81.9 Å². The molecule has 0 saturated heterocycles. The fourth-order valence-electron chi connectivity index (χ4n) is 3.27. The van der Waals surface area contributed by atoms with Gasteiger partial charge in [-0.3, -0.25) is 4.79 Å². The number of carbonyl (C=O) groups is 1. The molecule has 0 atom stereocenters. The van der Waals surface area contributed by atoms with Crippen molar-refractivity contribution < 1.29 is 4.79 Å². The summed E-state index contributed by atoms with van der Waals surface area (Å²) >= 11 is 2.21. The van der Waals surface area contributed by atoms with Crippen LogP contribution in [0.25, 0.3) is 21.8 Å². The van der Waals surface area contributed by atoms with Gasteiger partial charge in [0.05, 0.1) is 16.7 Å². The lowest BCUT2D eigenvalue weighted by Crippen LogP contribution is -2.25. The Hall–Kier alpha value is -2.67. The molecule has 0 bridgehead atoms. The molecular formula is C23H20IN3O. The van der Waals surface area contributed by atoms with Gasteiger partial charge in [-0.25, -0.2) is 4.98 Å². The van der Waals surface area contributed by atoms with Crippen LogP contribution in [-0.4, -0.2) is 24.0 Å². The first kappa shape index (κ1) is 18.7. The van der Waals surface area contributed by atoms with Crippen LogP contribution in [0.15, 0.2) is 72.8 Å². The first-order valence-corrected chi connectivity index (χ1v) is 10.4. The average Bonchev–Trinajstić information content (AvgIpc) is 2.72. The van der Waals surface area contributed by atoms with E-state index in [0.717, 1.165) is 44.0 Å². The van der Waals surface area contributed by atoms with E-state index in [1.807, 2.05) is 60.7 Å². The first-order chi connectivity index (χ1) is 13.7. The number of fused-ring (bicyclic) bond motifs is 2. The number of amides is 1. The average molecular weight is 481 g/mol. The molecule has 4 rings (SSSR count). The number of hydrogen-bond acceptors (Lipinski definition) is 3. The van der Waals surface area contributed by atoms with Crippen molar-refractivity contribution in [3.8, 4) is 0 Å². The lowest BCUT2D eigenvalue weighted by atomic mass is 10.1. The zero-order chi connectivity index (χ0) is 19.3. The van der Waals surface area contributed by atoms with Gasteiger partial charge in [-0.15, -0.1) is 0 Å². The van der Waals surface area contributed by atoms with Gasteiger partial charge in [-0.1, -0.05) is 42.5 Å². The topological polar surface area (TPSA) is 54.0 Å². The summed E-state index contributed by atoms with van der Waals surface area (Å²) < 4.78 is 1.06. The van der Waals surface area contributed by atoms with Crippen LogP contribution in [0.3, 0.4) is 0 Å². The molecule has 0 spiro atoms. The number of para-hydroxylation sites is 2. The van der Waals surface area contributed by atoms with Crippen LogP contribution in [0, 0.1) is 3.57 Å². The Labute approximate surface area is 177 Å². The minimum absolute atomic E-state index is 0.0293. The summed E-state index contributed by atoms with van der Waals surface area (Å²) in [6, 6.07) is 23.9. The van der Waals surface area contributed by atoms with Crippen molar-refractivity contribution in [2.24, 2.45) is 0 Å². The Balaban J connectivity index is 1.42. The third-order valence-electron chi connectivity index (χ3n) is 4.62. The number of anilines is 1. The van der Waals surface area contributed by atoms with Crippen LogP contribution >= 0.6 is 22.6 Å². The van der Waals surface area contributed by atoms with Crippen molar-refractivity contribution in [3.63, 3.8) is 0 Å². The number of nitrogens with zero attached hydrogens (tertiary/aromatic N) is 1. The third kappa shape index (κ3) is 4.09. The van der Waals surface area contributed by atoms with Crippen LogP contribution in [0.5, 0.6) is 0 Å². The van der Waals surface area contributed by atoms with Crippen molar-refractivity contribution in [1.82, 2.24) is 10.3 Å². The summed E-state index contributed by atoms with van der Waals surface area (Å²) in [4.78, 5) is 17.0. The number of pyridine rings is 1. The van der Waals surface area contributed by atoms with Gasteiger partial charge in [0.1, 0.15) is 0 Å². The third-order valence-corrected chi connectivity index (χ3v) is 5.29. The molecule has 0 saturated carbocycles. The molecule has 140 valence electrons. The SMILES string of the molecule is O=C(NCCCNc1c2ccccc2nc2ccccc12)c1cccc(I)c1. The van der Waals surface area contributed by atoms with E-state index in [1.165, 1.54) is 0 Å². The number of rotatable bonds is 6. The Bertz CT molecular complexity index is 1090. The van der Waals surface area contributed by atoms with E-state index < -0.39 is 0 Å². The summed E-state index contributed by atoms with van der Waals surface area (Å²) in [5, 5.41) is 8.78. The maximum Gasteiger partial charge on any atom is 0.251 e. The molecule has 1 aromatic heterocycles. The van der Waals surface area contributed by atoms with E-state index in [0.29, 0.717) is 12.1 Å². The summed E-state index contributed by atoms with van der Waals surface area (Å²) in [7, 11) is 0. The van der Waals surface area contributed by atoms with E-state index in [1.54, 1.807) is 0 Å². The van der Waals surface area contributed by atoms with Gasteiger partial charge in [0.2, 0.25) is 0 Å². The summed E-state index contributed by atoms with van der Waals surface area (Å²) in [6.45, 7) is 1.39. The van der Waals surface area contributed by atoms with Crippen molar-refractivity contribution in [2.75, 3.05) is 18.4 Å². The van der Waals surface area contributed by atoms with Crippen LogP contribution < -0.4 is 10.6 Å². The van der Waals surface area contributed by atoms with Crippen LogP contribution in [-0.2, 0) is 0 Å². The lowest BCUT2D eigenvalue weighted by molar-refractivity contribution is 0.0953. The molecule has 1 heterocycles. The van der Waals surface area contributed by atoms with Gasteiger partial charge in [0.15, 0.2) is 0 Å².